The quantitative estimate of drug-likeness (QED) is 0.661. The molecule has 1 aliphatic rings. The van der Waals surface area contributed by atoms with Crippen LogP contribution in [-0.4, -0.2) is 31.0 Å². The smallest absolute Gasteiger partial charge is 0.268 e. The second-order valence-corrected chi connectivity index (χ2v) is 4.00. The monoisotopic (exact) mass is 249 g/mol. The Labute approximate surface area is 104 Å². The molecular weight excluding hydrogens is 234 g/mol. The fraction of sp³-hybridized carbons (Fsp3) is 0.333. The summed E-state index contributed by atoms with van der Waals surface area (Å²) >= 11 is 0. The molecule has 0 unspecified atom stereocenters. The average Bonchev–Trinajstić information content (AvgIpc) is 2.76. The summed E-state index contributed by atoms with van der Waals surface area (Å²) in [5.74, 6) is -0.621. The maximum absolute atomic E-state index is 12.1. The van der Waals surface area contributed by atoms with E-state index >= 15 is 0 Å². The number of hydrogen-bond acceptors (Lipinski definition) is 4. The predicted molar refractivity (Wildman–Crippen MR) is 64.5 cm³/mol. The van der Waals surface area contributed by atoms with Gasteiger partial charge in [-0.05, 0) is 24.6 Å². The van der Waals surface area contributed by atoms with E-state index < -0.39 is 6.04 Å². The molecule has 1 atom stereocenters. The summed E-state index contributed by atoms with van der Waals surface area (Å²) in [5, 5.41) is 2.63. The minimum absolute atomic E-state index is 0.142. The molecule has 0 radical (unpaired) electrons. The topological polar surface area (TPSA) is 93.5 Å². The van der Waals surface area contributed by atoms with Crippen LogP contribution < -0.4 is 16.5 Å². The third kappa shape index (κ3) is 2.66. The largest absolute Gasteiger partial charge is 0.338 e. The van der Waals surface area contributed by atoms with Crippen molar-refractivity contribution in [2.24, 2.45) is 5.73 Å². The highest BCUT2D eigenvalue weighted by Crippen LogP contribution is 2.10. The minimum atomic E-state index is -0.636. The van der Waals surface area contributed by atoms with Gasteiger partial charge >= 0.3 is 0 Å². The van der Waals surface area contributed by atoms with Crippen molar-refractivity contribution in [2.45, 2.75) is 12.5 Å². The fourth-order valence-electron chi connectivity index (χ4n) is 1.80. The third-order valence-electron chi connectivity index (χ3n) is 2.72. The summed E-state index contributed by atoms with van der Waals surface area (Å²) < 4.78 is 0. The Hall–Kier alpha value is -1.92. The van der Waals surface area contributed by atoms with Crippen LogP contribution in [0.3, 0.4) is 0 Å². The lowest BCUT2D eigenvalue weighted by atomic mass is 10.0. The summed E-state index contributed by atoms with van der Waals surface area (Å²) in [5.41, 5.74) is 9.11. The minimum Gasteiger partial charge on any atom is -0.338 e. The van der Waals surface area contributed by atoms with Crippen LogP contribution in [0.2, 0.25) is 0 Å². The molecule has 1 fully saturated rings. The molecule has 0 bridgehead atoms. The summed E-state index contributed by atoms with van der Waals surface area (Å²) in [6, 6.07) is 6.57. The normalized spacial score (nSPS) is 18.5. The first kappa shape index (κ1) is 12.5. The molecule has 0 aromatic heterocycles. The Morgan fingerprint density at radius 1 is 1.50 bits per heavy atom. The van der Waals surface area contributed by atoms with Gasteiger partial charge in [-0.15, -0.1) is 0 Å². The number of nitrogens with two attached hydrogens (primary N) is 1. The van der Waals surface area contributed by atoms with Crippen molar-refractivity contribution in [3.8, 4) is 0 Å². The molecule has 2 rings (SSSR count). The second kappa shape index (κ2) is 5.61. The number of carbonyl (C=O) groups excluding carboxylic acids is 2. The van der Waals surface area contributed by atoms with E-state index in [4.69, 9.17) is 10.6 Å². The van der Waals surface area contributed by atoms with E-state index in [0.717, 1.165) is 5.56 Å². The van der Waals surface area contributed by atoms with Crippen molar-refractivity contribution in [1.29, 1.82) is 0 Å². The van der Waals surface area contributed by atoms with Crippen molar-refractivity contribution in [2.75, 3.05) is 13.2 Å². The second-order valence-electron chi connectivity index (χ2n) is 4.00. The van der Waals surface area contributed by atoms with Gasteiger partial charge in [0.05, 0.1) is 0 Å². The van der Waals surface area contributed by atoms with Crippen LogP contribution in [0.4, 0.5) is 0 Å². The SMILES string of the molecule is NCCc1ccccc1C(=O)N[C@@H]1CONC1=O. The summed E-state index contributed by atoms with van der Waals surface area (Å²) in [6.07, 6.45) is 0.622. The Morgan fingerprint density at radius 3 is 2.94 bits per heavy atom. The van der Waals surface area contributed by atoms with Gasteiger partial charge in [-0.3, -0.25) is 14.4 Å². The molecule has 18 heavy (non-hydrogen) atoms. The molecule has 0 spiro atoms. The van der Waals surface area contributed by atoms with E-state index in [9.17, 15) is 9.59 Å². The van der Waals surface area contributed by atoms with Crippen LogP contribution in [0, 0.1) is 0 Å². The van der Waals surface area contributed by atoms with Gasteiger partial charge < -0.3 is 11.1 Å². The van der Waals surface area contributed by atoms with Gasteiger partial charge in [-0.2, -0.15) is 0 Å². The zero-order chi connectivity index (χ0) is 13.0. The van der Waals surface area contributed by atoms with Gasteiger partial charge in [0, 0.05) is 5.56 Å². The highest BCUT2D eigenvalue weighted by Gasteiger charge is 2.27. The number of nitrogens with one attached hydrogen (secondary N) is 2. The Kier molecular flexibility index (Phi) is 3.91. The highest BCUT2D eigenvalue weighted by molar-refractivity contribution is 5.98. The average molecular weight is 249 g/mol. The molecule has 2 amide bonds. The van der Waals surface area contributed by atoms with Crippen molar-refractivity contribution in [1.82, 2.24) is 10.8 Å². The molecule has 6 nitrogen and oxygen atoms in total. The molecule has 0 aliphatic carbocycles. The van der Waals surface area contributed by atoms with Gasteiger partial charge in [-0.1, -0.05) is 18.2 Å². The van der Waals surface area contributed by atoms with E-state index in [1.165, 1.54) is 0 Å². The molecular formula is C12H15N3O3. The molecule has 96 valence electrons. The van der Waals surface area contributed by atoms with Crippen molar-refractivity contribution >= 4 is 11.8 Å². The van der Waals surface area contributed by atoms with Gasteiger partial charge in [-0.25, -0.2) is 5.48 Å². The molecule has 1 saturated heterocycles. The first-order valence-electron chi connectivity index (χ1n) is 5.73. The maximum atomic E-state index is 12.1. The molecule has 1 aliphatic heterocycles. The Morgan fingerprint density at radius 2 is 2.28 bits per heavy atom. The van der Waals surface area contributed by atoms with Crippen molar-refractivity contribution in [3.63, 3.8) is 0 Å². The molecule has 1 aromatic rings. The van der Waals surface area contributed by atoms with Crippen LogP contribution in [0.1, 0.15) is 15.9 Å². The lowest BCUT2D eigenvalue weighted by Gasteiger charge is -2.11. The predicted octanol–water partition coefficient (Wildman–Crippen LogP) is -0.652. The van der Waals surface area contributed by atoms with E-state index in [-0.39, 0.29) is 18.4 Å². The van der Waals surface area contributed by atoms with Crippen LogP contribution in [0.5, 0.6) is 0 Å². The Bertz CT molecular complexity index is 462. The lowest BCUT2D eigenvalue weighted by Crippen LogP contribution is -2.42. The molecule has 6 heteroatoms. The highest BCUT2D eigenvalue weighted by atomic mass is 16.7. The first-order valence-corrected chi connectivity index (χ1v) is 5.73. The van der Waals surface area contributed by atoms with Gasteiger partial charge in [0.15, 0.2) is 0 Å². The van der Waals surface area contributed by atoms with Crippen LogP contribution in [0.25, 0.3) is 0 Å². The maximum Gasteiger partial charge on any atom is 0.268 e. The zero-order valence-electron chi connectivity index (χ0n) is 9.81. The number of carbonyl (C=O) groups is 2. The van der Waals surface area contributed by atoms with Crippen molar-refractivity contribution < 1.29 is 14.4 Å². The van der Waals surface area contributed by atoms with E-state index in [1.54, 1.807) is 12.1 Å². The summed E-state index contributed by atoms with van der Waals surface area (Å²) in [7, 11) is 0. The molecule has 4 N–H and O–H groups in total. The van der Waals surface area contributed by atoms with E-state index in [0.29, 0.717) is 18.5 Å². The number of rotatable bonds is 4. The van der Waals surface area contributed by atoms with E-state index in [1.807, 2.05) is 12.1 Å². The van der Waals surface area contributed by atoms with Crippen LogP contribution >= 0.6 is 0 Å². The molecule has 1 aromatic carbocycles. The first-order chi connectivity index (χ1) is 8.72. The van der Waals surface area contributed by atoms with E-state index in [2.05, 4.69) is 10.8 Å². The van der Waals surface area contributed by atoms with Gasteiger partial charge in [0.25, 0.3) is 11.8 Å². The fourth-order valence-corrected chi connectivity index (χ4v) is 1.80. The van der Waals surface area contributed by atoms with Crippen molar-refractivity contribution in [3.05, 3.63) is 35.4 Å². The Balaban J connectivity index is 2.10. The summed E-state index contributed by atoms with van der Waals surface area (Å²) in [6.45, 7) is 0.612. The number of benzene rings is 1. The van der Waals surface area contributed by atoms with Gasteiger partial charge in [0.1, 0.15) is 12.6 Å². The number of amides is 2. The summed E-state index contributed by atoms with van der Waals surface area (Å²) in [4.78, 5) is 28.1. The molecule has 0 saturated carbocycles. The standard InChI is InChI=1S/C12H15N3O3/c13-6-5-8-3-1-2-4-9(8)11(16)14-10-7-18-15-12(10)17/h1-4,10H,5-7,13H2,(H,14,16)(H,15,17)/t10-/m1/s1. The third-order valence-corrected chi connectivity index (χ3v) is 2.72. The molecule has 1 heterocycles. The van der Waals surface area contributed by atoms with Gasteiger partial charge in [0.2, 0.25) is 0 Å². The number of hydroxylamine groups is 1. The number of hydrogen-bond donors (Lipinski definition) is 3. The zero-order valence-corrected chi connectivity index (χ0v) is 9.81. The van der Waals surface area contributed by atoms with Crippen LogP contribution in [0.15, 0.2) is 24.3 Å². The van der Waals surface area contributed by atoms with Crippen LogP contribution in [-0.2, 0) is 16.1 Å². The lowest BCUT2D eigenvalue weighted by molar-refractivity contribution is -0.125.